The maximum atomic E-state index is 12.4. The number of rotatable bonds is 5. The van der Waals surface area contributed by atoms with Crippen LogP contribution in [0.15, 0.2) is 18.2 Å². The molecule has 1 saturated carbocycles. The van der Waals surface area contributed by atoms with Gasteiger partial charge in [0.2, 0.25) is 0 Å². The summed E-state index contributed by atoms with van der Waals surface area (Å²) in [6, 6.07) is 6.46. The number of amides is 1. The van der Waals surface area contributed by atoms with Gasteiger partial charge < -0.3 is 14.8 Å². The molecule has 1 aromatic rings. The van der Waals surface area contributed by atoms with Crippen LogP contribution in [-0.2, 0) is 14.3 Å². The summed E-state index contributed by atoms with van der Waals surface area (Å²) >= 11 is 0. The molecule has 1 unspecified atom stereocenters. The number of anilines is 1. The summed E-state index contributed by atoms with van der Waals surface area (Å²) in [7, 11) is 1.51. The van der Waals surface area contributed by atoms with E-state index in [0.29, 0.717) is 5.69 Å². The predicted octanol–water partition coefficient (Wildman–Crippen LogP) is 2.24. The molecular weight excluding hydrogens is 284 g/mol. The fourth-order valence-corrected chi connectivity index (χ4v) is 2.28. The molecule has 22 heavy (non-hydrogen) atoms. The molecule has 1 aliphatic rings. The Labute approximate surface area is 129 Å². The fraction of sp³-hybridized carbons (Fsp3) is 0.438. The van der Waals surface area contributed by atoms with E-state index >= 15 is 0 Å². The highest BCUT2D eigenvalue weighted by Crippen LogP contribution is 2.42. The molecule has 2 rings (SSSR count). The van der Waals surface area contributed by atoms with E-state index in [1.807, 2.05) is 6.07 Å². The van der Waals surface area contributed by atoms with Crippen LogP contribution in [0.5, 0.6) is 5.75 Å². The third kappa shape index (κ3) is 3.26. The second-order valence-corrected chi connectivity index (χ2v) is 5.45. The molecule has 116 valence electrons. The molecule has 0 radical (unpaired) electrons. The van der Waals surface area contributed by atoms with E-state index < -0.39 is 11.6 Å². The molecule has 0 heterocycles. The van der Waals surface area contributed by atoms with Gasteiger partial charge in [0.15, 0.2) is 0 Å². The average Bonchev–Trinajstić information content (AvgIpc) is 3.32. The Balaban J connectivity index is 2.20. The summed E-state index contributed by atoms with van der Waals surface area (Å²) in [5, 5.41) is 11.9. The van der Waals surface area contributed by atoms with Crippen molar-refractivity contribution < 1.29 is 19.1 Å². The maximum Gasteiger partial charge on any atom is 0.308 e. The van der Waals surface area contributed by atoms with Gasteiger partial charge in [-0.1, -0.05) is 0 Å². The van der Waals surface area contributed by atoms with Gasteiger partial charge in [0.25, 0.3) is 5.91 Å². The van der Waals surface area contributed by atoms with Crippen LogP contribution in [0.4, 0.5) is 5.69 Å². The third-order valence-corrected chi connectivity index (χ3v) is 3.85. The number of carbonyl (C=O) groups excluding carboxylic acids is 2. The Hall–Kier alpha value is -2.39. The summed E-state index contributed by atoms with van der Waals surface area (Å²) in [6.07, 6.45) is 1.91. The lowest BCUT2D eigenvalue weighted by Crippen LogP contribution is -2.44. The van der Waals surface area contributed by atoms with Gasteiger partial charge in [0, 0.05) is 20.1 Å². The van der Waals surface area contributed by atoms with Gasteiger partial charge in [-0.3, -0.25) is 9.59 Å². The van der Waals surface area contributed by atoms with Gasteiger partial charge in [-0.2, -0.15) is 5.26 Å². The van der Waals surface area contributed by atoms with E-state index in [1.54, 1.807) is 6.92 Å². The Bertz CT molecular complexity index is 646. The van der Waals surface area contributed by atoms with Crippen LogP contribution in [0, 0.1) is 17.2 Å². The van der Waals surface area contributed by atoms with Crippen molar-refractivity contribution in [3.8, 4) is 11.8 Å². The normalized spacial score (nSPS) is 16.3. The highest BCUT2D eigenvalue weighted by molar-refractivity contribution is 5.98. The van der Waals surface area contributed by atoms with Crippen LogP contribution >= 0.6 is 0 Å². The lowest BCUT2D eigenvalue weighted by molar-refractivity contribution is -0.138. The smallest absolute Gasteiger partial charge is 0.308 e. The van der Waals surface area contributed by atoms with Crippen molar-refractivity contribution in [3.05, 3.63) is 23.8 Å². The molecule has 0 aromatic heterocycles. The zero-order valence-electron chi connectivity index (χ0n) is 12.8. The van der Waals surface area contributed by atoms with Crippen LogP contribution in [0.25, 0.3) is 0 Å². The Morgan fingerprint density at radius 3 is 2.59 bits per heavy atom. The van der Waals surface area contributed by atoms with Crippen molar-refractivity contribution in [2.24, 2.45) is 5.92 Å². The number of nitrogens with one attached hydrogen (secondary N) is 1. The quantitative estimate of drug-likeness (QED) is 0.665. The van der Waals surface area contributed by atoms with Crippen molar-refractivity contribution >= 4 is 17.6 Å². The molecule has 1 N–H and O–H groups in total. The highest BCUT2D eigenvalue weighted by Gasteiger charge is 2.47. The number of ether oxygens (including phenoxy) is 2. The molecule has 1 fully saturated rings. The number of carbonyl (C=O) groups is 2. The minimum absolute atomic E-state index is 0.198. The maximum absolute atomic E-state index is 12.4. The van der Waals surface area contributed by atoms with Gasteiger partial charge >= 0.3 is 5.97 Å². The van der Waals surface area contributed by atoms with E-state index in [1.165, 1.54) is 32.2 Å². The SMILES string of the molecule is COC(C)(C(=O)Nc1ccc(OC(C)=O)cc1C#N)C1CC1. The number of esters is 1. The topological polar surface area (TPSA) is 88.4 Å². The van der Waals surface area contributed by atoms with Crippen LogP contribution < -0.4 is 10.1 Å². The van der Waals surface area contributed by atoms with Gasteiger partial charge in [0.1, 0.15) is 17.4 Å². The van der Waals surface area contributed by atoms with Crippen molar-refractivity contribution in [1.29, 1.82) is 5.26 Å². The molecule has 1 amide bonds. The Morgan fingerprint density at radius 1 is 1.41 bits per heavy atom. The Morgan fingerprint density at radius 2 is 2.09 bits per heavy atom. The molecule has 1 atom stereocenters. The first-order chi connectivity index (χ1) is 10.4. The molecule has 0 aliphatic heterocycles. The fourth-order valence-electron chi connectivity index (χ4n) is 2.28. The summed E-state index contributed by atoms with van der Waals surface area (Å²) in [6.45, 7) is 3.03. The minimum atomic E-state index is -0.902. The van der Waals surface area contributed by atoms with Crippen LogP contribution in [0.2, 0.25) is 0 Å². The van der Waals surface area contributed by atoms with E-state index in [0.717, 1.165) is 12.8 Å². The monoisotopic (exact) mass is 302 g/mol. The molecule has 1 aromatic carbocycles. The summed E-state index contributed by atoms with van der Waals surface area (Å²) in [5.74, 6) is -0.294. The van der Waals surface area contributed by atoms with Crippen LogP contribution in [0.3, 0.4) is 0 Å². The number of benzene rings is 1. The van der Waals surface area contributed by atoms with Crippen molar-refractivity contribution in [2.45, 2.75) is 32.3 Å². The number of nitrogens with zero attached hydrogens (tertiary/aromatic N) is 1. The second-order valence-electron chi connectivity index (χ2n) is 5.45. The minimum Gasteiger partial charge on any atom is -0.427 e. The molecular formula is C16H18N2O4. The number of hydrogen-bond donors (Lipinski definition) is 1. The molecule has 6 nitrogen and oxygen atoms in total. The van der Waals surface area contributed by atoms with Crippen LogP contribution in [-0.4, -0.2) is 24.6 Å². The molecule has 0 bridgehead atoms. The van der Waals surface area contributed by atoms with E-state index in [4.69, 9.17) is 9.47 Å². The van der Waals surface area contributed by atoms with Crippen molar-refractivity contribution in [3.63, 3.8) is 0 Å². The van der Waals surface area contributed by atoms with Gasteiger partial charge in [-0.25, -0.2) is 0 Å². The van der Waals surface area contributed by atoms with Crippen molar-refractivity contribution in [1.82, 2.24) is 0 Å². The number of methoxy groups -OCH3 is 1. The van der Waals surface area contributed by atoms with Crippen molar-refractivity contribution in [2.75, 3.05) is 12.4 Å². The van der Waals surface area contributed by atoms with Gasteiger partial charge in [-0.05, 0) is 37.8 Å². The molecule has 6 heteroatoms. The zero-order chi connectivity index (χ0) is 16.3. The first kappa shape index (κ1) is 16.0. The van der Waals surface area contributed by atoms with E-state index in [9.17, 15) is 14.9 Å². The Kier molecular flexibility index (Phi) is 4.48. The summed E-state index contributed by atoms with van der Waals surface area (Å²) in [5.41, 5.74) is -0.310. The van der Waals surface area contributed by atoms with E-state index in [-0.39, 0.29) is 23.1 Å². The summed E-state index contributed by atoms with van der Waals surface area (Å²) in [4.78, 5) is 23.4. The standard InChI is InChI=1S/C16H18N2O4/c1-10(19)22-13-6-7-14(11(8-13)9-17)18-15(20)16(2,21-3)12-4-5-12/h6-8,12H,4-5H2,1-3H3,(H,18,20). The van der Waals surface area contributed by atoms with E-state index in [2.05, 4.69) is 5.32 Å². The predicted molar refractivity (Wildman–Crippen MR) is 79.2 cm³/mol. The van der Waals surface area contributed by atoms with Gasteiger partial charge in [0.05, 0.1) is 11.3 Å². The van der Waals surface area contributed by atoms with Gasteiger partial charge in [-0.15, -0.1) is 0 Å². The number of hydrogen-bond acceptors (Lipinski definition) is 5. The third-order valence-electron chi connectivity index (χ3n) is 3.85. The summed E-state index contributed by atoms with van der Waals surface area (Å²) < 4.78 is 10.3. The molecule has 0 spiro atoms. The average molecular weight is 302 g/mol. The second kappa shape index (κ2) is 6.16. The lowest BCUT2D eigenvalue weighted by atomic mass is 9.98. The van der Waals surface area contributed by atoms with Crippen LogP contribution in [0.1, 0.15) is 32.3 Å². The first-order valence-electron chi connectivity index (χ1n) is 7.00. The molecule has 1 aliphatic carbocycles. The zero-order valence-corrected chi connectivity index (χ0v) is 12.8. The molecule has 0 saturated heterocycles. The largest absolute Gasteiger partial charge is 0.427 e. The number of nitriles is 1. The highest BCUT2D eigenvalue weighted by atomic mass is 16.5. The first-order valence-corrected chi connectivity index (χ1v) is 7.00. The lowest BCUT2D eigenvalue weighted by Gasteiger charge is -2.26.